The molecule has 2 saturated heterocycles. The molecule has 2 N–H and O–H groups in total. The van der Waals surface area contributed by atoms with Crippen molar-refractivity contribution in [3.8, 4) is 0 Å². The highest BCUT2D eigenvalue weighted by molar-refractivity contribution is 14.0. The highest BCUT2D eigenvalue weighted by Gasteiger charge is 2.20. The van der Waals surface area contributed by atoms with Gasteiger partial charge in [0.2, 0.25) is 0 Å². The molecule has 2 aliphatic rings. The van der Waals surface area contributed by atoms with Crippen LogP contribution in [0, 0.1) is 5.92 Å². The standard InChI is InChI=1S/C21H43N5.HI/c1-19(2)18-26-16-10-20(11-17-26)24-21(22-3)23-12-6-4-7-13-25-14-8-5-9-15-25;/h19-20H,4-18H2,1-3H3,(H2,22,23,24);1H. The molecule has 160 valence electrons. The zero-order valence-corrected chi connectivity index (χ0v) is 20.3. The van der Waals surface area contributed by atoms with Crippen molar-refractivity contribution in [1.29, 1.82) is 0 Å². The lowest BCUT2D eigenvalue weighted by atomic mass is 10.0. The molecule has 0 amide bonds. The van der Waals surface area contributed by atoms with Crippen molar-refractivity contribution < 1.29 is 0 Å². The van der Waals surface area contributed by atoms with E-state index in [0.717, 1.165) is 18.4 Å². The summed E-state index contributed by atoms with van der Waals surface area (Å²) in [5.74, 6) is 1.76. The van der Waals surface area contributed by atoms with Gasteiger partial charge in [-0.25, -0.2) is 0 Å². The van der Waals surface area contributed by atoms with Crippen LogP contribution in [0.3, 0.4) is 0 Å². The third-order valence-electron chi connectivity index (χ3n) is 5.67. The first-order valence-corrected chi connectivity index (χ1v) is 11.1. The van der Waals surface area contributed by atoms with E-state index in [1.165, 1.54) is 90.6 Å². The third-order valence-corrected chi connectivity index (χ3v) is 5.67. The number of likely N-dealkylation sites (tertiary alicyclic amines) is 2. The number of hydrogen-bond donors (Lipinski definition) is 2. The Hall–Kier alpha value is -0.0800. The smallest absolute Gasteiger partial charge is 0.191 e. The number of hydrogen-bond acceptors (Lipinski definition) is 3. The molecule has 0 radical (unpaired) electrons. The fourth-order valence-electron chi connectivity index (χ4n) is 4.19. The molecule has 0 aromatic carbocycles. The third kappa shape index (κ3) is 10.9. The van der Waals surface area contributed by atoms with Gasteiger partial charge in [0.15, 0.2) is 5.96 Å². The number of halogens is 1. The lowest BCUT2D eigenvalue weighted by Gasteiger charge is -2.34. The largest absolute Gasteiger partial charge is 0.356 e. The molecule has 2 heterocycles. The molecule has 0 aliphatic carbocycles. The summed E-state index contributed by atoms with van der Waals surface area (Å²) in [6.45, 7) is 13.2. The van der Waals surface area contributed by atoms with Crippen LogP contribution in [0.25, 0.3) is 0 Å². The Balaban J connectivity index is 0.00000364. The predicted molar refractivity (Wildman–Crippen MR) is 128 cm³/mol. The highest BCUT2D eigenvalue weighted by Crippen LogP contribution is 2.12. The molecule has 0 aromatic heterocycles. The van der Waals surface area contributed by atoms with Gasteiger partial charge in [0.1, 0.15) is 0 Å². The van der Waals surface area contributed by atoms with Crippen LogP contribution in [0.5, 0.6) is 0 Å². The first-order chi connectivity index (χ1) is 12.7. The molecule has 6 heteroatoms. The van der Waals surface area contributed by atoms with Crippen LogP contribution in [-0.2, 0) is 0 Å². The van der Waals surface area contributed by atoms with Crippen molar-refractivity contribution in [2.75, 3.05) is 52.9 Å². The zero-order valence-electron chi connectivity index (χ0n) is 18.0. The van der Waals surface area contributed by atoms with E-state index in [-0.39, 0.29) is 24.0 Å². The van der Waals surface area contributed by atoms with Crippen molar-refractivity contribution in [3.05, 3.63) is 0 Å². The minimum Gasteiger partial charge on any atom is -0.356 e. The van der Waals surface area contributed by atoms with Crippen molar-refractivity contribution in [3.63, 3.8) is 0 Å². The Kier molecular flexibility index (Phi) is 13.7. The zero-order chi connectivity index (χ0) is 18.6. The summed E-state index contributed by atoms with van der Waals surface area (Å²) in [4.78, 5) is 9.65. The number of rotatable bonds is 9. The van der Waals surface area contributed by atoms with Gasteiger partial charge in [-0.3, -0.25) is 4.99 Å². The average Bonchev–Trinajstić information content (AvgIpc) is 2.65. The van der Waals surface area contributed by atoms with E-state index in [2.05, 4.69) is 39.3 Å². The van der Waals surface area contributed by atoms with Gasteiger partial charge in [-0.15, -0.1) is 24.0 Å². The van der Waals surface area contributed by atoms with Gasteiger partial charge in [-0.1, -0.05) is 26.7 Å². The minimum absolute atomic E-state index is 0. The highest BCUT2D eigenvalue weighted by atomic mass is 127. The fourth-order valence-corrected chi connectivity index (χ4v) is 4.19. The molecule has 0 bridgehead atoms. The van der Waals surface area contributed by atoms with Gasteiger partial charge < -0.3 is 20.4 Å². The maximum absolute atomic E-state index is 4.41. The summed E-state index contributed by atoms with van der Waals surface area (Å²) < 4.78 is 0. The molecule has 0 atom stereocenters. The Morgan fingerprint density at radius 1 is 0.963 bits per heavy atom. The molecular weight excluding hydrogens is 449 g/mol. The van der Waals surface area contributed by atoms with Crippen LogP contribution in [0.15, 0.2) is 4.99 Å². The molecule has 2 rings (SSSR count). The van der Waals surface area contributed by atoms with E-state index < -0.39 is 0 Å². The molecule has 2 fully saturated rings. The number of nitrogens with one attached hydrogen (secondary N) is 2. The molecule has 0 saturated carbocycles. The topological polar surface area (TPSA) is 42.9 Å². The van der Waals surface area contributed by atoms with Crippen molar-refractivity contribution in [2.24, 2.45) is 10.9 Å². The monoisotopic (exact) mass is 493 g/mol. The summed E-state index contributed by atoms with van der Waals surface area (Å²) in [5.41, 5.74) is 0. The van der Waals surface area contributed by atoms with Crippen LogP contribution in [0.2, 0.25) is 0 Å². The molecule has 27 heavy (non-hydrogen) atoms. The van der Waals surface area contributed by atoms with E-state index in [1.54, 1.807) is 0 Å². The van der Waals surface area contributed by atoms with E-state index >= 15 is 0 Å². The van der Waals surface area contributed by atoms with Crippen LogP contribution in [-0.4, -0.2) is 74.7 Å². The van der Waals surface area contributed by atoms with Crippen LogP contribution in [0.1, 0.15) is 65.2 Å². The summed E-state index contributed by atoms with van der Waals surface area (Å²) >= 11 is 0. The number of piperidine rings is 2. The quantitative estimate of drug-likeness (QED) is 0.223. The SMILES string of the molecule is CN=C(NCCCCCN1CCCCC1)NC1CCN(CC(C)C)CC1.I. The van der Waals surface area contributed by atoms with Gasteiger partial charge in [-0.2, -0.15) is 0 Å². The summed E-state index contributed by atoms with van der Waals surface area (Å²) in [6, 6.07) is 0.573. The van der Waals surface area contributed by atoms with Crippen LogP contribution in [0.4, 0.5) is 0 Å². The molecule has 5 nitrogen and oxygen atoms in total. The van der Waals surface area contributed by atoms with E-state index in [0.29, 0.717) is 6.04 Å². The predicted octanol–water partition coefficient (Wildman–Crippen LogP) is 3.55. The van der Waals surface area contributed by atoms with E-state index in [1.807, 2.05) is 7.05 Å². The van der Waals surface area contributed by atoms with Crippen molar-refractivity contribution in [2.45, 2.75) is 71.3 Å². The lowest BCUT2D eigenvalue weighted by molar-refractivity contribution is 0.187. The maximum Gasteiger partial charge on any atom is 0.191 e. The first-order valence-electron chi connectivity index (χ1n) is 11.1. The molecule has 0 aromatic rings. The van der Waals surface area contributed by atoms with Crippen LogP contribution >= 0.6 is 24.0 Å². The first kappa shape index (κ1) is 25.0. The minimum atomic E-state index is 0. The number of unbranched alkanes of at least 4 members (excludes halogenated alkanes) is 2. The van der Waals surface area contributed by atoms with Gasteiger partial charge in [-0.05, 0) is 64.1 Å². The number of aliphatic imine (C=N–C) groups is 1. The second kappa shape index (κ2) is 14.9. The molecular formula is C21H44IN5. The normalized spacial score (nSPS) is 20.5. The summed E-state index contributed by atoms with van der Waals surface area (Å²) in [7, 11) is 1.89. The van der Waals surface area contributed by atoms with Crippen molar-refractivity contribution in [1.82, 2.24) is 20.4 Å². The number of guanidine groups is 1. The Bertz CT molecular complexity index is 388. The van der Waals surface area contributed by atoms with E-state index in [4.69, 9.17) is 0 Å². The fraction of sp³-hybridized carbons (Fsp3) is 0.952. The Labute approximate surface area is 185 Å². The Morgan fingerprint density at radius 3 is 2.30 bits per heavy atom. The summed E-state index contributed by atoms with van der Waals surface area (Å²) in [5, 5.41) is 7.14. The molecule has 0 spiro atoms. The molecule has 2 aliphatic heterocycles. The number of nitrogens with zero attached hydrogens (tertiary/aromatic N) is 3. The Morgan fingerprint density at radius 2 is 1.67 bits per heavy atom. The van der Waals surface area contributed by atoms with Crippen LogP contribution < -0.4 is 10.6 Å². The van der Waals surface area contributed by atoms with Gasteiger partial charge in [0.05, 0.1) is 0 Å². The average molecular weight is 494 g/mol. The van der Waals surface area contributed by atoms with E-state index in [9.17, 15) is 0 Å². The second-order valence-electron chi connectivity index (χ2n) is 8.58. The molecule has 0 unspecified atom stereocenters. The van der Waals surface area contributed by atoms with Gasteiger partial charge in [0, 0.05) is 39.3 Å². The van der Waals surface area contributed by atoms with Gasteiger partial charge in [0.25, 0.3) is 0 Å². The maximum atomic E-state index is 4.41. The lowest BCUT2D eigenvalue weighted by Crippen LogP contribution is -2.49. The van der Waals surface area contributed by atoms with Gasteiger partial charge >= 0.3 is 0 Å². The summed E-state index contributed by atoms with van der Waals surface area (Å²) in [6.07, 6.45) is 10.6. The second-order valence-corrected chi connectivity index (χ2v) is 8.58. The van der Waals surface area contributed by atoms with Crippen molar-refractivity contribution >= 4 is 29.9 Å².